The third kappa shape index (κ3) is 3.51. The van der Waals surface area contributed by atoms with Gasteiger partial charge in [0.05, 0.1) is 25.5 Å². The number of carbonyl (C=O) groups is 1. The fourth-order valence-corrected chi connectivity index (χ4v) is 2.60. The first-order valence-corrected chi connectivity index (χ1v) is 8.46. The van der Waals surface area contributed by atoms with Crippen LogP contribution in [0.2, 0.25) is 0 Å². The van der Waals surface area contributed by atoms with E-state index < -0.39 is 17.3 Å². The van der Waals surface area contributed by atoms with Gasteiger partial charge in [-0.1, -0.05) is 26.0 Å². The molecule has 6 heteroatoms. The number of rotatable bonds is 5. The number of fused-ring (bicyclic) bond motifs is 1. The van der Waals surface area contributed by atoms with Gasteiger partial charge in [0.2, 0.25) is 11.2 Å². The third-order valence-electron chi connectivity index (χ3n) is 4.08. The van der Waals surface area contributed by atoms with E-state index in [1.54, 1.807) is 56.3 Å². The fourth-order valence-electron chi connectivity index (χ4n) is 2.60. The van der Waals surface area contributed by atoms with Gasteiger partial charge < -0.3 is 18.6 Å². The topological polar surface area (TPSA) is 75.0 Å². The van der Waals surface area contributed by atoms with E-state index in [0.717, 1.165) is 0 Å². The molecule has 0 aliphatic rings. The Balaban J connectivity index is 2.27. The van der Waals surface area contributed by atoms with Gasteiger partial charge in [0.1, 0.15) is 5.58 Å². The van der Waals surface area contributed by atoms with Crippen LogP contribution in [0.4, 0.5) is 0 Å². The summed E-state index contributed by atoms with van der Waals surface area (Å²) in [6, 6.07) is 11.9. The van der Waals surface area contributed by atoms with Crippen LogP contribution in [0.1, 0.15) is 13.8 Å². The summed E-state index contributed by atoms with van der Waals surface area (Å²) in [4.78, 5) is 25.1. The van der Waals surface area contributed by atoms with E-state index in [9.17, 15) is 9.59 Å². The van der Waals surface area contributed by atoms with Crippen molar-refractivity contribution in [2.24, 2.45) is 5.92 Å². The van der Waals surface area contributed by atoms with Crippen LogP contribution in [0.15, 0.2) is 51.7 Å². The van der Waals surface area contributed by atoms with Crippen LogP contribution in [0.3, 0.4) is 0 Å². The molecule has 6 nitrogen and oxygen atoms in total. The lowest BCUT2D eigenvalue weighted by atomic mass is 10.1. The molecule has 0 saturated carbocycles. The highest BCUT2D eigenvalue weighted by atomic mass is 16.5. The average molecular weight is 368 g/mol. The first kappa shape index (κ1) is 18.5. The van der Waals surface area contributed by atoms with Crippen LogP contribution in [0.25, 0.3) is 22.3 Å². The Labute approximate surface area is 156 Å². The molecule has 140 valence electrons. The molecule has 0 saturated heterocycles. The lowest BCUT2D eigenvalue weighted by Gasteiger charge is -2.13. The quantitative estimate of drug-likeness (QED) is 0.633. The van der Waals surface area contributed by atoms with Gasteiger partial charge in [-0.25, -0.2) is 0 Å². The van der Waals surface area contributed by atoms with Crippen molar-refractivity contribution in [3.05, 3.63) is 52.7 Å². The van der Waals surface area contributed by atoms with Crippen molar-refractivity contribution in [3.63, 3.8) is 0 Å². The van der Waals surface area contributed by atoms with Gasteiger partial charge >= 0.3 is 5.97 Å². The van der Waals surface area contributed by atoms with Gasteiger partial charge in [-0.05, 0) is 30.3 Å². The predicted molar refractivity (Wildman–Crippen MR) is 101 cm³/mol. The van der Waals surface area contributed by atoms with Crippen LogP contribution in [0, 0.1) is 5.92 Å². The highest BCUT2D eigenvalue weighted by molar-refractivity contribution is 5.85. The van der Waals surface area contributed by atoms with Gasteiger partial charge in [0.15, 0.2) is 17.3 Å². The van der Waals surface area contributed by atoms with E-state index in [0.29, 0.717) is 28.0 Å². The molecule has 1 heterocycles. The van der Waals surface area contributed by atoms with Crippen LogP contribution in [0.5, 0.6) is 17.2 Å². The maximum atomic E-state index is 13.0. The standard InChI is InChI=1S/C21H20O6/c1-12(2)21(23)27-20-18(22)14-7-5-6-8-15(14)26-19(20)13-9-10-16(24-3)17(11-13)25-4/h5-12H,1-4H3. The number of esters is 1. The average Bonchev–Trinajstić information content (AvgIpc) is 2.69. The summed E-state index contributed by atoms with van der Waals surface area (Å²) < 4.78 is 21.9. The molecular weight excluding hydrogens is 348 g/mol. The minimum atomic E-state index is -0.515. The van der Waals surface area contributed by atoms with Crippen LogP contribution in [-0.4, -0.2) is 20.2 Å². The van der Waals surface area contributed by atoms with Crippen molar-refractivity contribution in [2.45, 2.75) is 13.8 Å². The van der Waals surface area contributed by atoms with Gasteiger partial charge in [-0.2, -0.15) is 0 Å². The number of carbonyl (C=O) groups excluding carboxylic acids is 1. The molecule has 0 aliphatic heterocycles. The molecule has 0 aliphatic carbocycles. The molecule has 0 N–H and O–H groups in total. The van der Waals surface area contributed by atoms with Gasteiger partial charge in [0.25, 0.3) is 0 Å². The molecule has 0 unspecified atom stereocenters. The third-order valence-corrected chi connectivity index (χ3v) is 4.08. The number of ether oxygens (including phenoxy) is 3. The zero-order valence-corrected chi connectivity index (χ0v) is 15.6. The number of hydrogen-bond acceptors (Lipinski definition) is 6. The van der Waals surface area contributed by atoms with Crippen molar-refractivity contribution in [3.8, 4) is 28.6 Å². The van der Waals surface area contributed by atoms with E-state index in [1.165, 1.54) is 14.2 Å². The maximum absolute atomic E-state index is 13.0. The molecule has 3 rings (SSSR count). The second kappa shape index (κ2) is 7.53. The van der Waals surface area contributed by atoms with Crippen molar-refractivity contribution in [2.75, 3.05) is 14.2 Å². The number of methoxy groups -OCH3 is 2. The number of hydrogen-bond donors (Lipinski definition) is 0. The Bertz CT molecular complexity index is 1050. The number of benzene rings is 2. The largest absolute Gasteiger partial charge is 0.493 e. The highest BCUT2D eigenvalue weighted by Gasteiger charge is 2.22. The summed E-state index contributed by atoms with van der Waals surface area (Å²) in [6.07, 6.45) is 0. The van der Waals surface area contributed by atoms with Gasteiger partial charge in [-0.3, -0.25) is 9.59 Å². The maximum Gasteiger partial charge on any atom is 0.314 e. The molecule has 2 aromatic carbocycles. The van der Waals surface area contributed by atoms with E-state index in [-0.39, 0.29) is 11.5 Å². The fraction of sp³-hybridized carbons (Fsp3) is 0.238. The first-order chi connectivity index (χ1) is 13.0. The molecular formula is C21H20O6. The summed E-state index contributed by atoms with van der Waals surface area (Å²) in [6.45, 7) is 3.39. The molecule has 0 radical (unpaired) electrons. The Morgan fingerprint density at radius 2 is 1.70 bits per heavy atom. The van der Waals surface area contributed by atoms with Crippen molar-refractivity contribution >= 4 is 16.9 Å². The summed E-state index contributed by atoms with van der Waals surface area (Å²) in [5.41, 5.74) is 0.523. The first-order valence-electron chi connectivity index (χ1n) is 8.46. The molecule has 0 fully saturated rings. The molecule has 0 bridgehead atoms. The van der Waals surface area contributed by atoms with Crippen molar-refractivity contribution in [1.82, 2.24) is 0 Å². The van der Waals surface area contributed by atoms with E-state index in [1.807, 2.05) is 0 Å². The Kier molecular flexibility index (Phi) is 5.16. The molecule has 27 heavy (non-hydrogen) atoms. The molecule has 0 spiro atoms. The van der Waals surface area contributed by atoms with Crippen molar-refractivity contribution < 1.29 is 23.4 Å². The molecule has 1 aromatic heterocycles. The van der Waals surface area contributed by atoms with Crippen molar-refractivity contribution in [1.29, 1.82) is 0 Å². The predicted octanol–water partition coefficient (Wildman–Crippen LogP) is 4.04. The number of para-hydroxylation sites is 1. The Morgan fingerprint density at radius 1 is 1.00 bits per heavy atom. The Hall–Kier alpha value is -3.28. The minimum absolute atomic E-state index is 0.139. The zero-order valence-electron chi connectivity index (χ0n) is 15.6. The highest BCUT2D eigenvalue weighted by Crippen LogP contribution is 2.36. The van der Waals surface area contributed by atoms with E-state index in [2.05, 4.69) is 0 Å². The van der Waals surface area contributed by atoms with Crippen LogP contribution in [-0.2, 0) is 4.79 Å². The molecule has 0 atom stereocenters. The Morgan fingerprint density at radius 3 is 2.37 bits per heavy atom. The lowest BCUT2D eigenvalue weighted by molar-refractivity contribution is -0.137. The van der Waals surface area contributed by atoms with Gasteiger partial charge in [-0.15, -0.1) is 0 Å². The lowest BCUT2D eigenvalue weighted by Crippen LogP contribution is -2.20. The summed E-state index contributed by atoms with van der Waals surface area (Å²) in [5.74, 6) is 0.110. The summed E-state index contributed by atoms with van der Waals surface area (Å²) >= 11 is 0. The van der Waals surface area contributed by atoms with E-state index in [4.69, 9.17) is 18.6 Å². The smallest absolute Gasteiger partial charge is 0.314 e. The normalized spacial score (nSPS) is 10.9. The monoisotopic (exact) mass is 368 g/mol. The van der Waals surface area contributed by atoms with E-state index >= 15 is 0 Å². The second-order valence-corrected chi connectivity index (χ2v) is 6.23. The second-order valence-electron chi connectivity index (χ2n) is 6.23. The summed E-state index contributed by atoms with van der Waals surface area (Å²) in [7, 11) is 3.04. The zero-order chi connectivity index (χ0) is 19.6. The van der Waals surface area contributed by atoms with Crippen LogP contribution < -0.4 is 19.6 Å². The minimum Gasteiger partial charge on any atom is -0.493 e. The SMILES string of the molecule is COc1ccc(-c2oc3ccccc3c(=O)c2OC(=O)C(C)C)cc1OC. The molecule has 3 aromatic rings. The van der Waals surface area contributed by atoms with Crippen LogP contribution >= 0.6 is 0 Å². The summed E-state index contributed by atoms with van der Waals surface area (Å²) in [5, 5.41) is 0.341. The molecule has 0 amide bonds. The van der Waals surface area contributed by atoms with Gasteiger partial charge in [0, 0.05) is 5.56 Å².